The van der Waals surface area contributed by atoms with Crippen LogP contribution >= 0.6 is 0 Å². The Morgan fingerprint density at radius 3 is 1.94 bits per heavy atom. The molecule has 0 radical (unpaired) electrons. The molecule has 0 aliphatic carbocycles. The Balaban J connectivity index is 2.62. The van der Waals surface area contributed by atoms with Crippen molar-refractivity contribution in [2.24, 2.45) is 0 Å². The van der Waals surface area contributed by atoms with E-state index in [1.165, 1.54) is 5.56 Å². The van der Waals surface area contributed by atoms with Gasteiger partial charge in [0.25, 0.3) is 0 Å². The highest BCUT2D eigenvalue weighted by molar-refractivity contribution is 5.45. The summed E-state index contributed by atoms with van der Waals surface area (Å²) in [6, 6.07) is 7.93. The number of nitrogens with zero attached hydrogens (tertiary/aromatic N) is 1. The van der Waals surface area contributed by atoms with Gasteiger partial charge in [0.1, 0.15) is 0 Å². The van der Waals surface area contributed by atoms with Crippen LogP contribution in [-0.4, -0.2) is 36.5 Å². The van der Waals surface area contributed by atoms with E-state index in [1.54, 1.807) is 5.12 Å². The fourth-order valence-corrected chi connectivity index (χ4v) is 1.26. The average Bonchev–Trinajstić information content (AvgIpc) is 2.31. The van der Waals surface area contributed by atoms with Crippen LogP contribution < -0.4 is 16.0 Å². The number of benzene rings is 1. The van der Waals surface area contributed by atoms with Gasteiger partial charge < -0.3 is 10.2 Å². The van der Waals surface area contributed by atoms with Crippen LogP contribution in [0.15, 0.2) is 24.3 Å². The molecular formula is C11H19N3O2. The summed E-state index contributed by atoms with van der Waals surface area (Å²) in [5, 5.41) is 19.2. The molecule has 0 aliphatic rings. The summed E-state index contributed by atoms with van der Waals surface area (Å²) in [4.78, 5) is 0. The molecule has 1 rings (SSSR count). The van der Waals surface area contributed by atoms with Gasteiger partial charge >= 0.3 is 0 Å². The smallest absolute Gasteiger partial charge is 0.0702 e. The van der Waals surface area contributed by atoms with Gasteiger partial charge in [-0.2, -0.15) is 0 Å². The van der Waals surface area contributed by atoms with Crippen LogP contribution in [0.25, 0.3) is 0 Å². The number of anilines is 1. The first kappa shape index (κ1) is 12.9. The van der Waals surface area contributed by atoms with Gasteiger partial charge in [0.05, 0.1) is 18.9 Å². The summed E-state index contributed by atoms with van der Waals surface area (Å²) >= 11 is 0. The van der Waals surface area contributed by atoms with Crippen LogP contribution in [-0.2, 0) is 0 Å². The zero-order valence-electron chi connectivity index (χ0n) is 9.48. The van der Waals surface area contributed by atoms with Gasteiger partial charge in [-0.25, -0.2) is 16.0 Å². The van der Waals surface area contributed by atoms with E-state index in [0.717, 1.165) is 5.69 Å². The molecule has 0 aromatic heterocycles. The lowest BCUT2D eigenvalue weighted by Crippen LogP contribution is -2.50. The third-order valence-electron chi connectivity index (χ3n) is 2.06. The monoisotopic (exact) mass is 225 g/mol. The number of nitrogens with one attached hydrogen (secondary N) is 2. The summed E-state index contributed by atoms with van der Waals surface area (Å²) in [6.07, 6.45) is 0. The topological polar surface area (TPSA) is 67.8 Å². The average molecular weight is 225 g/mol. The van der Waals surface area contributed by atoms with Gasteiger partial charge in [-0.15, -0.1) is 0 Å². The lowest BCUT2D eigenvalue weighted by molar-refractivity contribution is 0.272. The Morgan fingerprint density at radius 1 is 1.00 bits per heavy atom. The van der Waals surface area contributed by atoms with E-state index >= 15 is 0 Å². The molecule has 0 saturated carbocycles. The van der Waals surface area contributed by atoms with Crippen molar-refractivity contribution in [3.8, 4) is 0 Å². The minimum absolute atomic E-state index is 0.0587. The number of aliphatic hydroxyl groups excluding tert-OH is 2. The molecule has 0 heterocycles. The number of rotatable bonds is 7. The first-order valence-corrected chi connectivity index (χ1v) is 5.33. The molecule has 1 aromatic carbocycles. The number of aliphatic hydroxyl groups is 2. The molecule has 90 valence electrons. The van der Waals surface area contributed by atoms with E-state index < -0.39 is 0 Å². The molecule has 0 aliphatic heterocycles. The van der Waals surface area contributed by atoms with Crippen LogP contribution in [0.5, 0.6) is 0 Å². The lowest BCUT2D eigenvalue weighted by atomic mass is 10.2. The van der Waals surface area contributed by atoms with Crippen molar-refractivity contribution >= 4 is 5.69 Å². The molecule has 1 aromatic rings. The van der Waals surface area contributed by atoms with Crippen LogP contribution in [0.2, 0.25) is 0 Å². The molecule has 0 atom stereocenters. The molecule has 4 N–H and O–H groups in total. The number of hydrazine groups is 2. The van der Waals surface area contributed by atoms with Crippen LogP contribution in [0, 0.1) is 6.92 Å². The van der Waals surface area contributed by atoms with E-state index in [1.807, 2.05) is 31.2 Å². The SMILES string of the molecule is Cc1ccc(N(NCCO)NCCO)cc1. The normalized spacial score (nSPS) is 10.4. The van der Waals surface area contributed by atoms with Gasteiger partial charge in [-0.05, 0) is 19.1 Å². The number of hydrogen-bond acceptors (Lipinski definition) is 5. The Labute approximate surface area is 95.6 Å². The summed E-state index contributed by atoms with van der Waals surface area (Å²) in [7, 11) is 0. The zero-order chi connectivity index (χ0) is 11.8. The van der Waals surface area contributed by atoms with Crippen molar-refractivity contribution in [2.45, 2.75) is 6.92 Å². The van der Waals surface area contributed by atoms with E-state index in [0.29, 0.717) is 13.1 Å². The van der Waals surface area contributed by atoms with E-state index in [9.17, 15) is 0 Å². The first-order chi connectivity index (χ1) is 7.77. The Morgan fingerprint density at radius 2 is 1.50 bits per heavy atom. The second kappa shape index (κ2) is 7.19. The van der Waals surface area contributed by atoms with Crippen molar-refractivity contribution in [2.75, 3.05) is 31.4 Å². The van der Waals surface area contributed by atoms with Crippen LogP contribution in [0.4, 0.5) is 5.69 Å². The first-order valence-electron chi connectivity index (χ1n) is 5.33. The maximum Gasteiger partial charge on any atom is 0.0702 e. The minimum atomic E-state index is 0.0587. The van der Waals surface area contributed by atoms with E-state index in [-0.39, 0.29) is 13.2 Å². The molecule has 0 spiro atoms. The van der Waals surface area contributed by atoms with Gasteiger partial charge in [0.2, 0.25) is 0 Å². The van der Waals surface area contributed by atoms with Crippen LogP contribution in [0.1, 0.15) is 5.56 Å². The standard InChI is InChI=1S/C11H19N3O2/c1-10-2-4-11(5-3-10)14(12-6-8-15)13-7-9-16/h2-5,12-13,15-16H,6-9H2,1H3. The minimum Gasteiger partial charge on any atom is -0.395 e. The molecule has 5 nitrogen and oxygen atoms in total. The highest BCUT2D eigenvalue weighted by Crippen LogP contribution is 2.11. The van der Waals surface area contributed by atoms with Gasteiger partial charge in [0.15, 0.2) is 0 Å². The molecule has 0 fully saturated rings. The predicted molar refractivity (Wildman–Crippen MR) is 63.8 cm³/mol. The fraction of sp³-hybridized carbons (Fsp3) is 0.455. The maximum absolute atomic E-state index is 8.77. The number of aryl methyl sites for hydroxylation is 1. The van der Waals surface area contributed by atoms with E-state index in [4.69, 9.17) is 10.2 Å². The summed E-state index contributed by atoms with van der Waals surface area (Å²) < 4.78 is 0. The molecule has 0 saturated heterocycles. The predicted octanol–water partition coefficient (Wildman–Crippen LogP) is -0.205. The number of hydrogen-bond donors (Lipinski definition) is 4. The summed E-state index contributed by atoms with van der Waals surface area (Å²) in [5.41, 5.74) is 8.13. The third-order valence-corrected chi connectivity index (χ3v) is 2.06. The summed E-state index contributed by atoms with van der Waals surface area (Å²) in [6.45, 7) is 3.04. The molecule has 5 heteroatoms. The third kappa shape index (κ3) is 4.16. The Kier molecular flexibility index (Phi) is 5.81. The van der Waals surface area contributed by atoms with Gasteiger partial charge in [-0.1, -0.05) is 17.7 Å². The second-order valence-electron chi connectivity index (χ2n) is 3.43. The maximum atomic E-state index is 8.77. The zero-order valence-corrected chi connectivity index (χ0v) is 9.48. The molecular weight excluding hydrogens is 206 g/mol. The lowest BCUT2D eigenvalue weighted by Gasteiger charge is -2.25. The molecule has 16 heavy (non-hydrogen) atoms. The van der Waals surface area contributed by atoms with E-state index in [2.05, 4.69) is 10.9 Å². The highest BCUT2D eigenvalue weighted by Gasteiger charge is 2.03. The molecule has 0 amide bonds. The Bertz CT molecular complexity index is 282. The largest absolute Gasteiger partial charge is 0.395 e. The molecule has 0 bridgehead atoms. The van der Waals surface area contributed by atoms with Crippen LogP contribution in [0.3, 0.4) is 0 Å². The summed E-state index contributed by atoms with van der Waals surface area (Å²) in [5.74, 6) is 0. The van der Waals surface area contributed by atoms with Crippen molar-refractivity contribution in [1.29, 1.82) is 0 Å². The van der Waals surface area contributed by atoms with Crippen molar-refractivity contribution in [1.82, 2.24) is 10.9 Å². The Hall–Kier alpha value is -1.14. The molecule has 0 unspecified atom stereocenters. The fourth-order valence-electron chi connectivity index (χ4n) is 1.26. The van der Waals surface area contributed by atoms with Gasteiger partial charge in [0, 0.05) is 13.1 Å². The highest BCUT2D eigenvalue weighted by atomic mass is 16.3. The quantitative estimate of drug-likeness (QED) is 0.484. The van der Waals surface area contributed by atoms with Crippen molar-refractivity contribution < 1.29 is 10.2 Å². The van der Waals surface area contributed by atoms with Crippen molar-refractivity contribution in [3.63, 3.8) is 0 Å². The second-order valence-corrected chi connectivity index (χ2v) is 3.43. The van der Waals surface area contributed by atoms with Crippen molar-refractivity contribution in [3.05, 3.63) is 29.8 Å². The van der Waals surface area contributed by atoms with Gasteiger partial charge in [-0.3, -0.25) is 0 Å².